The van der Waals surface area contributed by atoms with E-state index in [1.165, 1.54) is 11.6 Å². The Morgan fingerprint density at radius 3 is 2.62 bits per heavy atom. The molecule has 2 aromatic carbocycles. The lowest BCUT2D eigenvalue weighted by molar-refractivity contribution is -0.116. The van der Waals surface area contributed by atoms with Gasteiger partial charge in [-0.2, -0.15) is 0 Å². The third kappa shape index (κ3) is 5.49. The van der Waals surface area contributed by atoms with Gasteiger partial charge in [-0.25, -0.2) is 0 Å². The molecule has 0 aromatic heterocycles. The van der Waals surface area contributed by atoms with Crippen LogP contribution >= 0.6 is 0 Å². The fourth-order valence-corrected chi connectivity index (χ4v) is 3.74. The number of aliphatic hydroxyl groups excluding tert-OH is 1. The molecule has 3 rings (SSSR count). The van der Waals surface area contributed by atoms with Crippen molar-refractivity contribution in [3.63, 3.8) is 0 Å². The Balaban J connectivity index is 1.65. The lowest BCUT2D eigenvalue weighted by Crippen LogP contribution is -2.43. The van der Waals surface area contributed by atoms with Gasteiger partial charge >= 0.3 is 0 Å². The molecule has 0 spiro atoms. The van der Waals surface area contributed by atoms with Crippen LogP contribution in [0.15, 0.2) is 36.4 Å². The van der Waals surface area contributed by atoms with Gasteiger partial charge in [0.25, 0.3) is 0 Å². The Labute approximate surface area is 171 Å². The molecule has 0 radical (unpaired) electrons. The number of phenols is 1. The Bertz CT molecular complexity index is 862. The zero-order chi connectivity index (χ0) is 21.0. The van der Waals surface area contributed by atoms with Gasteiger partial charge in [-0.05, 0) is 68.5 Å². The van der Waals surface area contributed by atoms with Crippen LogP contribution in [0, 0.1) is 0 Å². The van der Waals surface area contributed by atoms with Crippen LogP contribution in [-0.4, -0.2) is 34.8 Å². The van der Waals surface area contributed by atoms with E-state index in [-0.39, 0.29) is 17.2 Å². The number of hydrogen-bond acceptors (Lipinski definition) is 5. The number of ether oxygens (including phenoxy) is 1. The molecule has 1 aliphatic rings. The molecule has 0 fully saturated rings. The fourth-order valence-electron chi connectivity index (χ4n) is 3.74. The first-order valence-corrected chi connectivity index (χ1v) is 10.1. The molecule has 0 bridgehead atoms. The highest BCUT2D eigenvalue weighted by Gasteiger charge is 2.25. The van der Waals surface area contributed by atoms with Crippen molar-refractivity contribution in [3.8, 4) is 11.5 Å². The van der Waals surface area contributed by atoms with Crippen molar-refractivity contribution in [2.75, 3.05) is 18.5 Å². The average Bonchev–Trinajstić information content (AvgIpc) is 2.66. The Morgan fingerprint density at radius 2 is 1.93 bits per heavy atom. The van der Waals surface area contributed by atoms with Gasteiger partial charge in [0.15, 0.2) is 0 Å². The number of nitrogens with one attached hydrogen (secondary N) is 2. The molecule has 6 nitrogen and oxygen atoms in total. The van der Waals surface area contributed by atoms with E-state index in [1.807, 2.05) is 19.1 Å². The quantitative estimate of drug-likeness (QED) is 0.548. The summed E-state index contributed by atoms with van der Waals surface area (Å²) in [5.41, 5.74) is 3.08. The zero-order valence-corrected chi connectivity index (χ0v) is 17.3. The molecule has 156 valence electrons. The van der Waals surface area contributed by atoms with Crippen LogP contribution in [0.4, 0.5) is 5.69 Å². The molecule has 1 heterocycles. The Kier molecular flexibility index (Phi) is 6.45. The first-order chi connectivity index (χ1) is 13.8. The number of fused-ring (bicyclic) bond motifs is 1. The highest BCUT2D eigenvalue weighted by molar-refractivity contribution is 5.94. The molecular formula is C23H30N2O4. The number of aromatic hydroxyl groups is 1. The maximum atomic E-state index is 11.6. The summed E-state index contributed by atoms with van der Waals surface area (Å²) in [4.78, 5) is 11.6. The smallest absolute Gasteiger partial charge is 0.224 e. The molecule has 4 N–H and O–H groups in total. The molecule has 1 atom stereocenters. The number of amides is 1. The summed E-state index contributed by atoms with van der Waals surface area (Å²) in [6.07, 6.45) is 0.947. The van der Waals surface area contributed by atoms with Crippen LogP contribution in [0.2, 0.25) is 0 Å². The molecular weight excluding hydrogens is 368 g/mol. The molecule has 29 heavy (non-hydrogen) atoms. The van der Waals surface area contributed by atoms with E-state index in [1.54, 1.807) is 6.07 Å². The second-order valence-electron chi connectivity index (χ2n) is 8.14. The summed E-state index contributed by atoms with van der Waals surface area (Å²) in [7, 11) is 0. The van der Waals surface area contributed by atoms with E-state index in [9.17, 15) is 15.0 Å². The predicted molar refractivity (Wildman–Crippen MR) is 113 cm³/mol. The molecule has 0 aliphatic carbocycles. The number of carbonyl (C=O) groups excluding carboxylic acids is 1. The lowest BCUT2D eigenvalue weighted by atomic mass is 9.92. The van der Waals surface area contributed by atoms with Crippen molar-refractivity contribution in [1.29, 1.82) is 0 Å². The van der Waals surface area contributed by atoms with E-state index in [0.29, 0.717) is 37.2 Å². The van der Waals surface area contributed by atoms with Crippen molar-refractivity contribution < 1.29 is 19.7 Å². The molecule has 0 saturated carbocycles. The van der Waals surface area contributed by atoms with E-state index in [0.717, 1.165) is 17.7 Å². The molecule has 1 amide bonds. The van der Waals surface area contributed by atoms with Crippen LogP contribution in [0.5, 0.6) is 11.5 Å². The van der Waals surface area contributed by atoms with Crippen molar-refractivity contribution >= 4 is 11.6 Å². The normalized spacial score (nSPS) is 14.8. The summed E-state index contributed by atoms with van der Waals surface area (Å²) in [5.74, 6) is 0.824. The Morgan fingerprint density at radius 1 is 1.21 bits per heavy atom. The largest absolute Gasteiger partial charge is 0.508 e. The van der Waals surface area contributed by atoms with Crippen LogP contribution in [0.1, 0.15) is 50.0 Å². The summed E-state index contributed by atoms with van der Waals surface area (Å²) in [5, 5.41) is 27.0. The van der Waals surface area contributed by atoms with Gasteiger partial charge < -0.3 is 25.6 Å². The van der Waals surface area contributed by atoms with Gasteiger partial charge in [0, 0.05) is 30.3 Å². The van der Waals surface area contributed by atoms with Gasteiger partial charge in [-0.1, -0.05) is 12.1 Å². The number of anilines is 1. The van der Waals surface area contributed by atoms with Crippen molar-refractivity contribution in [2.45, 2.75) is 51.7 Å². The van der Waals surface area contributed by atoms with E-state index < -0.39 is 6.10 Å². The lowest BCUT2D eigenvalue weighted by Gasteiger charge is -2.29. The number of β-amino-alcohol motifs (C(OH)–C–C–N with tert-alkyl or cyclic N) is 1. The molecule has 2 aromatic rings. The van der Waals surface area contributed by atoms with E-state index >= 15 is 0 Å². The first-order valence-electron chi connectivity index (χ1n) is 10.1. The summed E-state index contributed by atoms with van der Waals surface area (Å²) in [6, 6.07) is 11.2. The SMILES string of the molecule is CCOc1ccc(CC(C)(C)NCC(O)c2cc(O)cc3c2CCC(=O)N3)cc1. The zero-order valence-electron chi connectivity index (χ0n) is 17.3. The minimum Gasteiger partial charge on any atom is -0.508 e. The number of benzene rings is 2. The predicted octanol–water partition coefficient (Wildman–Crippen LogP) is 3.32. The molecule has 6 heteroatoms. The van der Waals surface area contributed by atoms with Crippen LogP contribution in [-0.2, 0) is 17.6 Å². The number of rotatable bonds is 8. The maximum Gasteiger partial charge on any atom is 0.224 e. The molecule has 1 aliphatic heterocycles. The highest BCUT2D eigenvalue weighted by atomic mass is 16.5. The number of hydrogen-bond donors (Lipinski definition) is 4. The van der Waals surface area contributed by atoms with Gasteiger partial charge in [0.05, 0.1) is 12.7 Å². The summed E-state index contributed by atoms with van der Waals surface area (Å²) in [6.45, 7) is 7.13. The minimum atomic E-state index is -0.787. The Hall–Kier alpha value is -2.57. The third-order valence-corrected chi connectivity index (χ3v) is 5.16. The molecule has 0 saturated heterocycles. The fraction of sp³-hybridized carbons (Fsp3) is 0.435. The molecule has 1 unspecified atom stereocenters. The maximum absolute atomic E-state index is 11.6. The van der Waals surface area contributed by atoms with Crippen LogP contribution in [0.25, 0.3) is 0 Å². The monoisotopic (exact) mass is 398 g/mol. The highest BCUT2D eigenvalue weighted by Crippen LogP contribution is 2.34. The summed E-state index contributed by atoms with van der Waals surface area (Å²) >= 11 is 0. The van der Waals surface area contributed by atoms with Crippen molar-refractivity contribution in [3.05, 3.63) is 53.1 Å². The topological polar surface area (TPSA) is 90.8 Å². The number of carbonyl (C=O) groups is 1. The van der Waals surface area contributed by atoms with Crippen LogP contribution < -0.4 is 15.4 Å². The van der Waals surface area contributed by atoms with Gasteiger partial charge in [-0.3, -0.25) is 4.79 Å². The van der Waals surface area contributed by atoms with Gasteiger partial charge in [0.2, 0.25) is 5.91 Å². The van der Waals surface area contributed by atoms with Crippen LogP contribution in [0.3, 0.4) is 0 Å². The average molecular weight is 399 g/mol. The van der Waals surface area contributed by atoms with Crippen molar-refractivity contribution in [2.24, 2.45) is 0 Å². The van der Waals surface area contributed by atoms with Gasteiger partial charge in [0.1, 0.15) is 11.5 Å². The second-order valence-corrected chi connectivity index (χ2v) is 8.14. The standard InChI is InChI=1S/C23H30N2O4/c1-4-29-17-7-5-15(6-8-17)13-23(2,3)24-14-21(27)19-11-16(26)12-20-18(19)9-10-22(28)25-20/h5-8,11-12,21,24,26-27H,4,9-10,13-14H2,1-3H3,(H,25,28). The third-order valence-electron chi connectivity index (χ3n) is 5.16. The summed E-state index contributed by atoms with van der Waals surface area (Å²) < 4.78 is 5.49. The van der Waals surface area contributed by atoms with E-state index in [2.05, 4.69) is 36.6 Å². The number of aliphatic hydroxyl groups is 1. The minimum absolute atomic E-state index is 0.0358. The van der Waals surface area contributed by atoms with Crippen molar-refractivity contribution in [1.82, 2.24) is 5.32 Å². The van der Waals surface area contributed by atoms with Gasteiger partial charge in [-0.15, -0.1) is 0 Å². The number of phenolic OH excluding ortho intramolecular Hbond substituents is 1. The second kappa shape index (κ2) is 8.84. The van der Waals surface area contributed by atoms with E-state index in [4.69, 9.17) is 4.74 Å². The first kappa shape index (κ1) is 21.1.